The Kier molecular flexibility index (Phi) is 3.03. The lowest BCUT2D eigenvalue weighted by Crippen LogP contribution is -2.28. The van der Waals surface area contributed by atoms with Crippen molar-refractivity contribution in [3.05, 3.63) is 12.0 Å². The van der Waals surface area contributed by atoms with Crippen molar-refractivity contribution in [3.8, 4) is 0 Å². The van der Waals surface area contributed by atoms with E-state index in [4.69, 9.17) is 0 Å². The van der Waals surface area contributed by atoms with Crippen LogP contribution in [0.3, 0.4) is 0 Å². The van der Waals surface area contributed by atoms with Crippen molar-refractivity contribution in [1.82, 2.24) is 14.9 Å². The van der Waals surface area contributed by atoms with Gasteiger partial charge in [-0.2, -0.15) is 0 Å². The van der Waals surface area contributed by atoms with Gasteiger partial charge in [-0.1, -0.05) is 19.8 Å². The molecule has 0 amide bonds. The van der Waals surface area contributed by atoms with Crippen molar-refractivity contribution in [2.75, 3.05) is 12.0 Å². The number of fused-ring (bicyclic) bond motifs is 1. The third-order valence-corrected chi connectivity index (χ3v) is 2.62. The van der Waals surface area contributed by atoms with Crippen molar-refractivity contribution < 1.29 is 0 Å². The van der Waals surface area contributed by atoms with E-state index in [9.17, 15) is 0 Å². The molecule has 1 aromatic heterocycles. The van der Waals surface area contributed by atoms with Crippen LogP contribution in [0.2, 0.25) is 0 Å². The van der Waals surface area contributed by atoms with Crippen LogP contribution in [0.4, 0.5) is 5.82 Å². The zero-order valence-electron chi connectivity index (χ0n) is 8.71. The summed E-state index contributed by atoms with van der Waals surface area (Å²) in [6.07, 6.45) is 5.76. The molecule has 2 N–H and O–H groups in total. The van der Waals surface area contributed by atoms with Gasteiger partial charge < -0.3 is 9.88 Å². The standard InChI is InChI=1S/C10H18N4/c1-2-3-4-5-14-8-13-10-9(14)6-11-7-12-10/h8,11-12H,2-7H2,1H3. The first-order chi connectivity index (χ1) is 6.92. The second-order valence-electron chi connectivity index (χ2n) is 3.72. The molecule has 4 heteroatoms. The molecule has 78 valence electrons. The van der Waals surface area contributed by atoms with E-state index in [2.05, 4.69) is 27.1 Å². The Morgan fingerprint density at radius 3 is 3.29 bits per heavy atom. The topological polar surface area (TPSA) is 41.9 Å². The van der Waals surface area contributed by atoms with Crippen molar-refractivity contribution >= 4 is 5.82 Å². The molecular formula is C10H18N4. The molecule has 0 saturated heterocycles. The Bertz CT molecular complexity index is 292. The number of anilines is 1. The maximum atomic E-state index is 4.35. The molecule has 1 aromatic rings. The van der Waals surface area contributed by atoms with E-state index in [1.807, 2.05) is 6.33 Å². The second-order valence-corrected chi connectivity index (χ2v) is 3.72. The first-order valence-corrected chi connectivity index (χ1v) is 5.40. The molecular weight excluding hydrogens is 176 g/mol. The molecule has 2 heterocycles. The summed E-state index contributed by atoms with van der Waals surface area (Å²) in [5.74, 6) is 1.06. The first kappa shape index (κ1) is 9.52. The molecule has 0 fully saturated rings. The zero-order valence-corrected chi connectivity index (χ0v) is 8.71. The number of aromatic nitrogens is 2. The number of imidazole rings is 1. The van der Waals surface area contributed by atoms with Crippen LogP contribution < -0.4 is 10.6 Å². The van der Waals surface area contributed by atoms with Crippen LogP contribution >= 0.6 is 0 Å². The second kappa shape index (κ2) is 4.46. The van der Waals surface area contributed by atoms with Gasteiger partial charge in [0, 0.05) is 13.1 Å². The summed E-state index contributed by atoms with van der Waals surface area (Å²) in [5, 5.41) is 6.52. The van der Waals surface area contributed by atoms with Gasteiger partial charge in [0.15, 0.2) is 0 Å². The van der Waals surface area contributed by atoms with E-state index in [1.54, 1.807) is 0 Å². The maximum absolute atomic E-state index is 4.35. The van der Waals surface area contributed by atoms with Crippen molar-refractivity contribution in [2.45, 2.75) is 39.3 Å². The van der Waals surface area contributed by atoms with E-state index < -0.39 is 0 Å². The predicted octanol–water partition coefficient (Wildman–Crippen LogP) is 1.55. The Hall–Kier alpha value is -1.03. The van der Waals surface area contributed by atoms with Gasteiger partial charge in [-0.25, -0.2) is 4.98 Å². The normalized spacial score (nSPS) is 14.9. The SMILES string of the molecule is CCCCCn1cnc2c1CNCN2. The predicted molar refractivity (Wildman–Crippen MR) is 57.1 cm³/mol. The van der Waals surface area contributed by atoms with Crippen LogP contribution in [-0.4, -0.2) is 16.2 Å². The van der Waals surface area contributed by atoms with Gasteiger partial charge in [-0.3, -0.25) is 5.32 Å². The fourth-order valence-electron chi connectivity index (χ4n) is 1.79. The van der Waals surface area contributed by atoms with Gasteiger partial charge in [-0.15, -0.1) is 0 Å². The van der Waals surface area contributed by atoms with Gasteiger partial charge in [0.25, 0.3) is 0 Å². The Labute approximate surface area is 84.7 Å². The van der Waals surface area contributed by atoms with E-state index in [0.29, 0.717) is 0 Å². The number of nitrogens with one attached hydrogen (secondary N) is 2. The highest BCUT2D eigenvalue weighted by molar-refractivity contribution is 5.42. The minimum atomic E-state index is 0.832. The highest BCUT2D eigenvalue weighted by Crippen LogP contribution is 2.16. The van der Waals surface area contributed by atoms with Crippen LogP contribution in [0.5, 0.6) is 0 Å². The largest absolute Gasteiger partial charge is 0.356 e. The van der Waals surface area contributed by atoms with E-state index in [0.717, 1.165) is 25.6 Å². The summed E-state index contributed by atoms with van der Waals surface area (Å²) < 4.78 is 2.25. The molecule has 0 aromatic carbocycles. The van der Waals surface area contributed by atoms with Crippen molar-refractivity contribution in [1.29, 1.82) is 0 Å². The number of rotatable bonds is 4. The quantitative estimate of drug-likeness (QED) is 0.714. The highest BCUT2D eigenvalue weighted by atomic mass is 15.2. The molecule has 2 rings (SSSR count). The van der Waals surface area contributed by atoms with Crippen molar-refractivity contribution in [2.24, 2.45) is 0 Å². The Morgan fingerprint density at radius 1 is 1.50 bits per heavy atom. The fourth-order valence-corrected chi connectivity index (χ4v) is 1.79. The molecule has 0 radical (unpaired) electrons. The third-order valence-electron chi connectivity index (χ3n) is 2.62. The molecule has 0 aliphatic carbocycles. The fraction of sp³-hybridized carbons (Fsp3) is 0.700. The van der Waals surface area contributed by atoms with E-state index in [1.165, 1.54) is 25.0 Å². The van der Waals surface area contributed by atoms with Gasteiger partial charge in [0.2, 0.25) is 0 Å². The summed E-state index contributed by atoms with van der Waals surface area (Å²) in [6.45, 7) is 5.10. The molecule has 0 atom stereocenters. The maximum Gasteiger partial charge on any atom is 0.149 e. The minimum Gasteiger partial charge on any atom is -0.356 e. The van der Waals surface area contributed by atoms with Gasteiger partial charge in [0.1, 0.15) is 5.82 Å². The smallest absolute Gasteiger partial charge is 0.149 e. The molecule has 0 bridgehead atoms. The molecule has 0 saturated carbocycles. The van der Waals surface area contributed by atoms with Crippen LogP contribution in [0.1, 0.15) is 31.9 Å². The summed E-state index contributed by atoms with van der Waals surface area (Å²) >= 11 is 0. The van der Waals surface area contributed by atoms with Crippen LogP contribution in [0.15, 0.2) is 6.33 Å². The lowest BCUT2D eigenvalue weighted by atomic mass is 10.2. The molecule has 0 unspecified atom stereocenters. The summed E-state index contributed by atoms with van der Waals surface area (Å²) in [5.41, 5.74) is 1.30. The Morgan fingerprint density at radius 2 is 2.43 bits per heavy atom. The number of nitrogens with zero attached hydrogens (tertiary/aromatic N) is 2. The van der Waals surface area contributed by atoms with Crippen LogP contribution in [0.25, 0.3) is 0 Å². The van der Waals surface area contributed by atoms with E-state index >= 15 is 0 Å². The molecule has 4 nitrogen and oxygen atoms in total. The first-order valence-electron chi connectivity index (χ1n) is 5.40. The van der Waals surface area contributed by atoms with Gasteiger partial charge in [0.05, 0.1) is 18.7 Å². The van der Waals surface area contributed by atoms with Crippen molar-refractivity contribution in [3.63, 3.8) is 0 Å². The van der Waals surface area contributed by atoms with Gasteiger partial charge in [-0.05, 0) is 6.42 Å². The lowest BCUT2D eigenvalue weighted by molar-refractivity contribution is 0.564. The summed E-state index contributed by atoms with van der Waals surface area (Å²) in [6, 6.07) is 0. The van der Waals surface area contributed by atoms with Crippen LogP contribution in [-0.2, 0) is 13.1 Å². The molecule has 14 heavy (non-hydrogen) atoms. The van der Waals surface area contributed by atoms with Gasteiger partial charge >= 0.3 is 0 Å². The average Bonchev–Trinajstić information content (AvgIpc) is 2.63. The number of hydrogen-bond acceptors (Lipinski definition) is 3. The zero-order chi connectivity index (χ0) is 9.80. The average molecular weight is 194 g/mol. The number of hydrogen-bond donors (Lipinski definition) is 2. The molecule has 0 spiro atoms. The van der Waals surface area contributed by atoms with E-state index in [-0.39, 0.29) is 0 Å². The summed E-state index contributed by atoms with van der Waals surface area (Å²) in [7, 11) is 0. The monoisotopic (exact) mass is 194 g/mol. The molecule has 1 aliphatic heterocycles. The molecule has 1 aliphatic rings. The van der Waals surface area contributed by atoms with Crippen LogP contribution in [0, 0.1) is 0 Å². The Balaban J connectivity index is 1.99. The highest BCUT2D eigenvalue weighted by Gasteiger charge is 2.13. The minimum absolute atomic E-state index is 0.832. The number of unbranched alkanes of at least 4 members (excludes halogenated alkanes) is 2. The summed E-state index contributed by atoms with van der Waals surface area (Å²) in [4.78, 5) is 4.35. The third kappa shape index (κ3) is 1.90. The number of aryl methyl sites for hydroxylation is 1. The lowest BCUT2D eigenvalue weighted by Gasteiger charge is -2.16.